The Morgan fingerprint density at radius 1 is 1.18 bits per heavy atom. The largest absolute Gasteiger partial charge is 0.493 e. The molecular weight excluding hydrogens is 224 g/mol. The summed E-state index contributed by atoms with van der Waals surface area (Å²) < 4.78 is 15.4. The van der Waals surface area contributed by atoms with Gasteiger partial charge in [-0.2, -0.15) is 5.10 Å². The number of hydrazone groups is 1. The van der Waals surface area contributed by atoms with Crippen LogP contribution in [0.5, 0.6) is 17.2 Å². The first-order chi connectivity index (χ1) is 8.21. The molecule has 0 saturated heterocycles. The lowest BCUT2D eigenvalue weighted by atomic mass is 10.1. The molecule has 0 aromatic heterocycles. The van der Waals surface area contributed by atoms with E-state index in [2.05, 4.69) is 5.10 Å². The highest BCUT2D eigenvalue weighted by Crippen LogP contribution is 2.38. The van der Waals surface area contributed by atoms with Gasteiger partial charge in [-0.05, 0) is 12.1 Å². The van der Waals surface area contributed by atoms with Crippen LogP contribution in [0.1, 0.15) is 5.56 Å². The minimum absolute atomic E-state index is 0.101. The lowest BCUT2D eigenvalue weighted by molar-refractivity contribution is -0.102. The summed E-state index contributed by atoms with van der Waals surface area (Å²) in [6.45, 7) is 0. The van der Waals surface area contributed by atoms with Crippen LogP contribution in [0.3, 0.4) is 0 Å². The average molecular weight is 238 g/mol. The molecule has 0 heterocycles. The van der Waals surface area contributed by atoms with E-state index in [9.17, 15) is 4.79 Å². The SMILES string of the molecule is COc1cc(C(C=O)=NN)cc(OC)c1OC. The zero-order chi connectivity index (χ0) is 12.8. The van der Waals surface area contributed by atoms with Crippen molar-refractivity contribution in [3.8, 4) is 17.2 Å². The zero-order valence-corrected chi connectivity index (χ0v) is 9.89. The molecule has 17 heavy (non-hydrogen) atoms. The number of aldehydes is 1. The summed E-state index contributed by atoms with van der Waals surface area (Å²) in [4.78, 5) is 10.8. The van der Waals surface area contributed by atoms with Gasteiger partial charge in [-0.3, -0.25) is 4.79 Å². The van der Waals surface area contributed by atoms with Crippen molar-refractivity contribution < 1.29 is 19.0 Å². The van der Waals surface area contributed by atoms with Crippen LogP contribution in [-0.4, -0.2) is 33.3 Å². The van der Waals surface area contributed by atoms with Gasteiger partial charge in [0.2, 0.25) is 5.75 Å². The zero-order valence-electron chi connectivity index (χ0n) is 9.89. The van der Waals surface area contributed by atoms with Gasteiger partial charge in [0.15, 0.2) is 17.8 Å². The van der Waals surface area contributed by atoms with E-state index in [4.69, 9.17) is 20.1 Å². The summed E-state index contributed by atoms with van der Waals surface area (Å²) in [7, 11) is 4.47. The summed E-state index contributed by atoms with van der Waals surface area (Å²) in [5, 5.41) is 3.38. The van der Waals surface area contributed by atoms with Crippen molar-refractivity contribution in [1.29, 1.82) is 0 Å². The molecule has 0 bridgehead atoms. The molecule has 1 aromatic rings. The van der Waals surface area contributed by atoms with Gasteiger partial charge in [0, 0.05) is 5.56 Å². The Balaban J connectivity index is 3.41. The summed E-state index contributed by atoms with van der Waals surface area (Å²) in [6.07, 6.45) is 0.556. The topological polar surface area (TPSA) is 83.1 Å². The molecule has 1 rings (SSSR count). The van der Waals surface area contributed by atoms with Crippen LogP contribution in [0, 0.1) is 0 Å². The standard InChI is InChI=1S/C11H14N2O4/c1-15-9-4-7(8(6-14)13-12)5-10(16-2)11(9)17-3/h4-6H,12H2,1-3H3. The molecule has 0 aliphatic rings. The number of hydrogen-bond donors (Lipinski definition) is 1. The van der Waals surface area contributed by atoms with Crippen LogP contribution < -0.4 is 20.1 Å². The highest BCUT2D eigenvalue weighted by molar-refractivity contribution is 6.36. The number of carbonyl (C=O) groups is 1. The summed E-state index contributed by atoms with van der Waals surface area (Å²) >= 11 is 0. The highest BCUT2D eigenvalue weighted by Gasteiger charge is 2.15. The fourth-order valence-electron chi connectivity index (χ4n) is 1.40. The number of hydrogen-bond acceptors (Lipinski definition) is 6. The molecule has 1 aromatic carbocycles. The fraction of sp³-hybridized carbons (Fsp3) is 0.273. The maximum atomic E-state index is 10.8. The Bertz CT molecular complexity index is 418. The van der Waals surface area contributed by atoms with Gasteiger partial charge < -0.3 is 20.1 Å². The third kappa shape index (κ3) is 2.47. The molecule has 92 valence electrons. The van der Waals surface area contributed by atoms with Crippen molar-refractivity contribution in [2.75, 3.05) is 21.3 Å². The van der Waals surface area contributed by atoms with Gasteiger partial charge >= 0.3 is 0 Å². The van der Waals surface area contributed by atoms with E-state index in [1.165, 1.54) is 21.3 Å². The first kappa shape index (κ1) is 12.8. The summed E-state index contributed by atoms with van der Waals surface area (Å²) in [5.41, 5.74) is 0.598. The second-order valence-electron chi connectivity index (χ2n) is 3.05. The van der Waals surface area contributed by atoms with Crippen LogP contribution in [0.15, 0.2) is 17.2 Å². The quantitative estimate of drug-likeness (QED) is 0.351. The summed E-state index contributed by atoms with van der Waals surface area (Å²) in [5.74, 6) is 6.43. The third-order valence-electron chi connectivity index (χ3n) is 2.21. The van der Waals surface area contributed by atoms with Crippen LogP contribution in [0.25, 0.3) is 0 Å². The van der Waals surface area contributed by atoms with Crippen LogP contribution in [0.4, 0.5) is 0 Å². The molecular formula is C11H14N2O4. The Hall–Kier alpha value is -2.24. The van der Waals surface area contributed by atoms with Crippen molar-refractivity contribution in [2.24, 2.45) is 10.9 Å². The van der Waals surface area contributed by atoms with E-state index in [1.54, 1.807) is 12.1 Å². The molecule has 0 radical (unpaired) electrons. The Morgan fingerprint density at radius 3 is 2.00 bits per heavy atom. The minimum Gasteiger partial charge on any atom is -0.493 e. The van der Waals surface area contributed by atoms with Crippen LogP contribution in [0.2, 0.25) is 0 Å². The molecule has 0 aliphatic heterocycles. The molecule has 0 spiro atoms. The number of nitrogens with two attached hydrogens (primary N) is 1. The maximum Gasteiger partial charge on any atom is 0.203 e. The maximum absolute atomic E-state index is 10.8. The molecule has 2 N–H and O–H groups in total. The molecule has 6 heteroatoms. The molecule has 6 nitrogen and oxygen atoms in total. The fourth-order valence-corrected chi connectivity index (χ4v) is 1.40. The van der Waals surface area contributed by atoms with Gasteiger partial charge in [0.1, 0.15) is 5.71 Å². The molecule has 0 unspecified atom stereocenters. The minimum atomic E-state index is 0.101. The number of methoxy groups -OCH3 is 3. The van der Waals surface area contributed by atoms with E-state index in [-0.39, 0.29) is 5.71 Å². The number of ether oxygens (including phenoxy) is 3. The van der Waals surface area contributed by atoms with Crippen LogP contribution in [-0.2, 0) is 4.79 Å². The van der Waals surface area contributed by atoms with Gasteiger partial charge in [-0.25, -0.2) is 0 Å². The Morgan fingerprint density at radius 2 is 1.71 bits per heavy atom. The molecule has 0 atom stereocenters. The predicted octanol–water partition coefficient (Wildman–Crippen LogP) is 0.574. The first-order valence-electron chi connectivity index (χ1n) is 4.75. The van der Waals surface area contributed by atoms with E-state index < -0.39 is 0 Å². The van der Waals surface area contributed by atoms with Crippen molar-refractivity contribution in [3.05, 3.63) is 17.7 Å². The molecule has 0 saturated carbocycles. The van der Waals surface area contributed by atoms with E-state index in [0.29, 0.717) is 29.1 Å². The lowest BCUT2D eigenvalue weighted by Gasteiger charge is -2.13. The van der Waals surface area contributed by atoms with Crippen molar-refractivity contribution in [2.45, 2.75) is 0 Å². The van der Waals surface area contributed by atoms with Crippen LogP contribution >= 0.6 is 0 Å². The number of benzene rings is 1. The van der Waals surface area contributed by atoms with E-state index >= 15 is 0 Å². The smallest absolute Gasteiger partial charge is 0.203 e. The second kappa shape index (κ2) is 5.74. The van der Waals surface area contributed by atoms with Gasteiger partial charge in [0.05, 0.1) is 21.3 Å². The molecule has 0 fully saturated rings. The second-order valence-corrected chi connectivity index (χ2v) is 3.05. The lowest BCUT2D eigenvalue weighted by Crippen LogP contribution is -2.07. The number of nitrogens with zero attached hydrogens (tertiary/aromatic N) is 1. The van der Waals surface area contributed by atoms with Crippen molar-refractivity contribution in [1.82, 2.24) is 0 Å². The van der Waals surface area contributed by atoms with Crippen molar-refractivity contribution >= 4 is 12.0 Å². The monoisotopic (exact) mass is 238 g/mol. The predicted molar refractivity (Wildman–Crippen MR) is 62.9 cm³/mol. The normalized spacial score (nSPS) is 10.9. The Kier molecular flexibility index (Phi) is 4.33. The van der Waals surface area contributed by atoms with E-state index in [1.807, 2.05) is 0 Å². The number of carbonyl (C=O) groups excluding carboxylic acids is 1. The third-order valence-corrected chi connectivity index (χ3v) is 2.21. The van der Waals surface area contributed by atoms with E-state index in [0.717, 1.165) is 0 Å². The molecule has 0 amide bonds. The van der Waals surface area contributed by atoms with Crippen molar-refractivity contribution in [3.63, 3.8) is 0 Å². The first-order valence-corrected chi connectivity index (χ1v) is 4.75. The number of rotatable bonds is 5. The molecule has 0 aliphatic carbocycles. The van der Waals surface area contributed by atoms with Gasteiger partial charge in [0.25, 0.3) is 0 Å². The van der Waals surface area contributed by atoms with Gasteiger partial charge in [-0.15, -0.1) is 0 Å². The Labute approximate surface area is 99.0 Å². The average Bonchev–Trinajstić information content (AvgIpc) is 2.38. The van der Waals surface area contributed by atoms with Gasteiger partial charge in [-0.1, -0.05) is 0 Å². The highest BCUT2D eigenvalue weighted by atomic mass is 16.5. The summed E-state index contributed by atoms with van der Waals surface area (Å²) in [6, 6.07) is 3.20.